The molecule has 1 N–H and O–H groups in total. The second-order valence-corrected chi connectivity index (χ2v) is 4.90. The minimum atomic E-state index is 0.567. The maximum Gasteiger partial charge on any atom is 0.119 e. The molecule has 1 fully saturated rings. The molecule has 0 aliphatic heterocycles. The maximum absolute atomic E-state index is 5.44. The molecule has 92 valence electrons. The van der Waals surface area contributed by atoms with Gasteiger partial charge >= 0.3 is 0 Å². The lowest BCUT2D eigenvalue weighted by Gasteiger charge is -2.33. The van der Waals surface area contributed by atoms with Crippen molar-refractivity contribution < 1.29 is 4.74 Å². The third kappa shape index (κ3) is 3.60. The SMILES string of the molecule is C=CCOc1ccc(CNC2CC(C)C2)cc1. The maximum atomic E-state index is 5.44. The van der Waals surface area contributed by atoms with E-state index in [-0.39, 0.29) is 0 Å². The molecule has 0 aromatic heterocycles. The monoisotopic (exact) mass is 231 g/mol. The Kier molecular flexibility index (Phi) is 4.21. The molecule has 1 saturated carbocycles. The fourth-order valence-corrected chi connectivity index (χ4v) is 2.19. The Morgan fingerprint density at radius 3 is 2.65 bits per heavy atom. The summed E-state index contributed by atoms with van der Waals surface area (Å²) in [7, 11) is 0. The minimum absolute atomic E-state index is 0.567. The molecule has 1 aliphatic carbocycles. The molecule has 0 amide bonds. The van der Waals surface area contributed by atoms with E-state index in [0.717, 1.165) is 24.3 Å². The normalized spacial score (nSPS) is 22.9. The Labute approximate surface area is 104 Å². The van der Waals surface area contributed by atoms with Crippen molar-refractivity contribution in [3.05, 3.63) is 42.5 Å². The van der Waals surface area contributed by atoms with Crippen LogP contribution in [0.1, 0.15) is 25.3 Å². The van der Waals surface area contributed by atoms with E-state index in [1.807, 2.05) is 12.1 Å². The molecule has 0 atom stereocenters. The number of rotatable bonds is 6. The highest BCUT2D eigenvalue weighted by Crippen LogP contribution is 2.26. The van der Waals surface area contributed by atoms with E-state index in [0.29, 0.717) is 6.61 Å². The van der Waals surface area contributed by atoms with E-state index >= 15 is 0 Å². The second-order valence-electron chi connectivity index (χ2n) is 4.90. The van der Waals surface area contributed by atoms with Crippen molar-refractivity contribution in [2.75, 3.05) is 6.61 Å². The fourth-order valence-electron chi connectivity index (χ4n) is 2.19. The highest BCUT2D eigenvalue weighted by Gasteiger charge is 2.24. The van der Waals surface area contributed by atoms with Crippen LogP contribution in [0, 0.1) is 5.92 Å². The first-order valence-corrected chi connectivity index (χ1v) is 6.34. The van der Waals surface area contributed by atoms with E-state index < -0.39 is 0 Å². The standard InChI is InChI=1S/C15H21NO/c1-3-8-17-15-6-4-13(5-7-15)11-16-14-9-12(2)10-14/h3-7,12,14,16H,1,8-11H2,2H3. The zero-order valence-electron chi connectivity index (χ0n) is 10.5. The average molecular weight is 231 g/mol. The van der Waals surface area contributed by atoms with Gasteiger partial charge in [-0.25, -0.2) is 0 Å². The van der Waals surface area contributed by atoms with Gasteiger partial charge < -0.3 is 10.1 Å². The molecule has 1 aromatic carbocycles. The molecule has 0 spiro atoms. The molecule has 2 rings (SSSR count). The van der Waals surface area contributed by atoms with Gasteiger partial charge in [0.2, 0.25) is 0 Å². The van der Waals surface area contributed by atoms with Gasteiger partial charge in [0.15, 0.2) is 0 Å². The van der Waals surface area contributed by atoms with Crippen LogP contribution in [-0.4, -0.2) is 12.6 Å². The summed E-state index contributed by atoms with van der Waals surface area (Å²) < 4.78 is 5.44. The van der Waals surface area contributed by atoms with Crippen LogP contribution in [0.4, 0.5) is 0 Å². The number of benzene rings is 1. The van der Waals surface area contributed by atoms with E-state index in [1.54, 1.807) is 6.08 Å². The van der Waals surface area contributed by atoms with E-state index in [4.69, 9.17) is 4.74 Å². The summed E-state index contributed by atoms with van der Waals surface area (Å²) in [4.78, 5) is 0. The van der Waals surface area contributed by atoms with Crippen molar-refractivity contribution in [1.29, 1.82) is 0 Å². The van der Waals surface area contributed by atoms with Crippen LogP contribution in [0.3, 0.4) is 0 Å². The summed E-state index contributed by atoms with van der Waals surface area (Å²) in [6.45, 7) is 7.46. The number of hydrogen-bond donors (Lipinski definition) is 1. The van der Waals surface area contributed by atoms with Crippen LogP contribution in [0.15, 0.2) is 36.9 Å². The summed E-state index contributed by atoms with van der Waals surface area (Å²) in [6, 6.07) is 9.00. The Morgan fingerprint density at radius 2 is 2.06 bits per heavy atom. The van der Waals surface area contributed by atoms with Gasteiger partial charge in [-0.05, 0) is 36.5 Å². The van der Waals surface area contributed by atoms with Crippen LogP contribution in [0.2, 0.25) is 0 Å². The zero-order chi connectivity index (χ0) is 12.1. The molecule has 2 nitrogen and oxygen atoms in total. The first kappa shape index (κ1) is 12.2. The van der Waals surface area contributed by atoms with Crippen molar-refractivity contribution in [2.24, 2.45) is 5.92 Å². The summed E-state index contributed by atoms with van der Waals surface area (Å²) in [5, 5.41) is 3.57. The van der Waals surface area contributed by atoms with E-state index in [9.17, 15) is 0 Å². The van der Waals surface area contributed by atoms with Crippen LogP contribution >= 0.6 is 0 Å². The summed E-state index contributed by atoms with van der Waals surface area (Å²) in [5.74, 6) is 1.81. The molecule has 0 bridgehead atoms. The molecule has 1 aromatic rings. The van der Waals surface area contributed by atoms with Crippen LogP contribution in [0.5, 0.6) is 5.75 Å². The topological polar surface area (TPSA) is 21.3 Å². The first-order valence-electron chi connectivity index (χ1n) is 6.34. The Hall–Kier alpha value is -1.28. The fraction of sp³-hybridized carbons (Fsp3) is 0.467. The number of ether oxygens (including phenoxy) is 1. The molecular formula is C15H21NO. The summed E-state index contributed by atoms with van der Waals surface area (Å²) in [6.07, 6.45) is 4.40. The van der Waals surface area contributed by atoms with Crippen molar-refractivity contribution in [2.45, 2.75) is 32.4 Å². The van der Waals surface area contributed by atoms with Gasteiger partial charge in [0, 0.05) is 12.6 Å². The predicted molar refractivity (Wildman–Crippen MR) is 71.2 cm³/mol. The van der Waals surface area contributed by atoms with Gasteiger partial charge in [0.05, 0.1) is 0 Å². The third-order valence-electron chi connectivity index (χ3n) is 3.26. The molecule has 0 radical (unpaired) electrons. The minimum Gasteiger partial charge on any atom is -0.490 e. The lowest BCUT2D eigenvalue weighted by molar-refractivity contribution is 0.240. The molecule has 2 heteroatoms. The van der Waals surface area contributed by atoms with Crippen molar-refractivity contribution in [1.82, 2.24) is 5.32 Å². The third-order valence-corrected chi connectivity index (χ3v) is 3.26. The lowest BCUT2D eigenvalue weighted by atomic mass is 9.82. The van der Waals surface area contributed by atoms with E-state index in [2.05, 4.69) is 31.0 Å². The molecule has 0 unspecified atom stereocenters. The van der Waals surface area contributed by atoms with Gasteiger partial charge in [0.25, 0.3) is 0 Å². The predicted octanol–water partition coefficient (Wildman–Crippen LogP) is 3.14. The lowest BCUT2D eigenvalue weighted by Crippen LogP contribution is -2.39. The summed E-state index contributed by atoms with van der Waals surface area (Å²) in [5.41, 5.74) is 1.32. The quantitative estimate of drug-likeness (QED) is 0.759. The smallest absolute Gasteiger partial charge is 0.119 e. The molecular weight excluding hydrogens is 210 g/mol. The van der Waals surface area contributed by atoms with Crippen molar-refractivity contribution >= 4 is 0 Å². The Bertz CT molecular complexity index is 352. The van der Waals surface area contributed by atoms with Crippen LogP contribution in [0.25, 0.3) is 0 Å². The Balaban J connectivity index is 1.75. The largest absolute Gasteiger partial charge is 0.490 e. The second kappa shape index (κ2) is 5.87. The number of hydrogen-bond acceptors (Lipinski definition) is 2. The Morgan fingerprint density at radius 1 is 1.35 bits per heavy atom. The molecule has 0 heterocycles. The molecule has 17 heavy (non-hydrogen) atoms. The van der Waals surface area contributed by atoms with E-state index in [1.165, 1.54) is 18.4 Å². The highest BCUT2D eigenvalue weighted by molar-refractivity contribution is 5.27. The van der Waals surface area contributed by atoms with Crippen LogP contribution in [-0.2, 0) is 6.54 Å². The molecule has 1 aliphatic rings. The molecule has 0 saturated heterocycles. The van der Waals surface area contributed by atoms with Gasteiger partial charge in [0.1, 0.15) is 12.4 Å². The van der Waals surface area contributed by atoms with Gasteiger partial charge in [-0.3, -0.25) is 0 Å². The zero-order valence-corrected chi connectivity index (χ0v) is 10.5. The van der Waals surface area contributed by atoms with Crippen molar-refractivity contribution in [3.63, 3.8) is 0 Å². The summed E-state index contributed by atoms with van der Waals surface area (Å²) >= 11 is 0. The number of nitrogens with one attached hydrogen (secondary N) is 1. The average Bonchev–Trinajstić information content (AvgIpc) is 2.32. The van der Waals surface area contributed by atoms with Gasteiger partial charge in [-0.15, -0.1) is 0 Å². The van der Waals surface area contributed by atoms with Gasteiger partial charge in [-0.1, -0.05) is 31.7 Å². The van der Waals surface area contributed by atoms with Gasteiger partial charge in [-0.2, -0.15) is 0 Å². The highest BCUT2D eigenvalue weighted by atomic mass is 16.5. The first-order chi connectivity index (χ1) is 8.28. The van der Waals surface area contributed by atoms with Crippen molar-refractivity contribution in [3.8, 4) is 5.75 Å². The van der Waals surface area contributed by atoms with Crippen LogP contribution < -0.4 is 10.1 Å².